The number of rotatable bonds is 2. The predicted molar refractivity (Wildman–Crippen MR) is 55.6 cm³/mol. The standard InChI is InChI=1S/C12H10O3/c13-9-5-1-3-7-11(9)15-12-8-4-2-6-10(12)14/h1-5,7-8,13H,6H2. The van der Waals surface area contributed by atoms with E-state index in [1.807, 2.05) is 0 Å². The van der Waals surface area contributed by atoms with Gasteiger partial charge in [-0.05, 0) is 18.2 Å². The second-order valence-corrected chi connectivity index (χ2v) is 3.16. The maximum atomic E-state index is 11.4. The van der Waals surface area contributed by atoms with Crippen LogP contribution in [0.25, 0.3) is 0 Å². The molecule has 1 N–H and O–H groups in total. The second kappa shape index (κ2) is 4.00. The number of allylic oxidation sites excluding steroid dienone is 4. The molecule has 0 unspecified atom stereocenters. The number of ether oxygens (including phenoxy) is 1. The van der Waals surface area contributed by atoms with Crippen LogP contribution in [-0.4, -0.2) is 10.9 Å². The van der Waals surface area contributed by atoms with Gasteiger partial charge in [-0.2, -0.15) is 0 Å². The number of phenols is 1. The summed E-state index contributed by atoms with van der Waals surface area (Å²) in [5.41, 5.74) is 0. The molecule has 1 aliphatic rings. The van der Waals surface area contributed by atoms with Gasteiger partial charge in [0, 0.05) is 6.42 Å². The first kappa shape index (κ1) is 9.52. The fourth-order valence-corrected chi connectivity index (χ4v) is 1.28. The summed E-state index contributed by atoms with van der Waals surface area (Å²) in [7, 11) is 0. The van der Waals surface area contributed by atoms with Crippen LogP contribution in [-0.2, 0) is 4.79 Å². The Kier molecular flexibility index (Phi) is 2.54. The number of hydrogen-bond acceptors (Lipinski definition) is 3. The number of ketones is 1. The highest BCUT2D eigenvalue weighted by Gasteiger charge is 2.13. The van der Waals surface area contributed by atoms with Crippen molar-refractivity contribution in [1.82, 2.24) is 0 Å². The first-order valence-electron chi connectivity index (χ1n) is 4.63. The molecule has 0 radical (unpaired) electrons. The van der Waals surface area contributed by atoms with Crippen LogP contribution in [0.2, 0.25) is 0 Å². The highest BCUT2D eigenvalue weighted by molar-refractivity contribution is 5.96. The number of carbonyl (C=O) groups is 1. The van der Waals surface area contributed by atoms with Gasteiger partial charge in [0.25, 0.3) is 0 Å². The number of benzene rings is 1. The van der Waals surface area contributed by atoms with Gasteiger partial charge in [-0.3, -0.25) is 4.79 Å². The average molecular weight is 202 g/mol. The lowest BCUT2D eigenvalue weighted by Crippen LogP contribution is -2.09. The Balaban J connectivity index is 2.22. The van der Waals surface area contributed by atoms with Crippen molar-refractivity contribution in [3.8, 4) is 11.5 Å². The SMILES string of the molecule is O=C1CC=CC=C1Oc1ccccc1O. The quantitative estimate of drug-likeness (QED) is 0.799. The molecule has 15 heavy (non-hydrogen) atoms. The van der Waals surface area contributed by atoms with E-state index in [0.29, 0.717) is 12.2 Å². The summed E-state index contributed by atoms with van der Waals surface area (Å²) in [5.74, 6) is 0.507. The van der Waals surface area contributed by atoms with Crippen LogP contribution in [0.15, 0.2) is 48.3 Å². The number of Topliss-reactive ketones (excluding diaryl/α,β-unsaturated/α-hetero) is 1. The minimum Gasteiger partial charge on any atom is -0.504 e. The van der Waals surface area contributed by atoms with Crippen LogP contribution >= 0.6 is 0 Å². The molecule has 76 valence electrons. The summed E-state index contributed by atoms with van der Waals surface area (Å²) in [6, 6.07) is 6.55. The third-order valence-electron chi connectivity index (χ3n) is 2.05. The molecule has 0 bridgehead atoms. The molecule has 0 aromatic heterocycles. The molecule has 2 rings (SSSR count). The lowest BCUT2D eigenvalue weighted by Gasteiger charge is -2.10. The van der Waals surface area contributed by atoms with Gasteiger partial charge in [0.05, 0.1) is 0 Å². The molecule has 0 saturated heterocycles. The Morgan fingerprint density at radius 1 is 1.27 bits per heavy atom. The van der Waals surface area contributed by atoms with E-state index in [-0.39, 0.29) is 17.3 Å². The van der Waals surface area contributed by atoms with Crippen molar-refractivity contribution in [2.75, 3.05) is 0 Å². The molecule has 0 amide bonds. The fraction of sp³-hybridized carbons (Fsp3) is 0.0833. The summed E-state index contributed by atoms with van der Waals surface area (Å²) >= 11 is 0. The smallest absolute Gasteiger partial charge is 0.201 e. The zero-order valence-electron chi connectivity index (χ0n) is 8.01. The van der Waals surface area contributed by atoms with Gasteiger partial charge in [-0.1, -0.05) is 24.3 Å². The normalized spacial score (nSPS) is 14.9. The Morgan fingerprint density at radius 3 is 2.80 bits per heavy atom. The van der Waals surface area contributed by atoms with E-state index in [2.05, 4.69) is 0 Å². The van der Waals surface area contributed by atoms with Gasteiger partial charge in [-0.15, -0.1) is 0 Å². The van der Waals surface area contributed by atoms with E-state index >= 15 is 0 Å². The van der Waals surface area contributed by atoms with Crippen molar-refractivity contribution >= 4 is 5.78 Å². The first-order chi connectivity index (χ1) is 7.27. The van der Waals surface area contributed by atoms with Crippen molar-refractivity contribution in [2.45, 2.75) is 6.42 Å². The molecular weight excluding hydrogens is 192 g/mol. The van der Waals surface area contributed by atoms with E-state index in [9.17, 15) is 9.90 Å². The molecule has 3 nitrogen and oxygen atoms in total. The molecule has 0 aliphatic heterocycles. The fourth-order valence-electron chi connectivity index (χ4n) is 1.28. The number of aromatic hydroxyl groups is 1. The Labute approximate surface area is 87.3 Å². The van der Waals surface area contributed by atoms with Crippen LogP contribution in [0, 0.1) is 0 Å². The first-order valence-corrected chi connectivity index (χ1v) is 4.63. The van der Waals surface area contributed by atoms with Gasteiger partial charge in [0.1, 0.15) is 0 Å². The Morgan fingerprint density at radius 2 is 2.07 bits per heavy atom. The van der Waals surface area contributed by atoms with Crippen LogP contribution in [0.4, 0.5) is 0 Å². The van der Waals surface area contributed by atoms with Crippen molar-refractivity contribution < 1.29 is 14.6 Å². The number of para-hydroxylation sites is 2. The van der Waals surface area contributed by atoms with Crippen LogP contribution in [0.1, 0.15) is 6.42 Å². The lowest BCUT2D eigenvalue weighted by atomic mass is 10.1. The summed E-state index contributed by atoms with van der Waals surface area (Å²) in [4.78, 5) is 11.4. The van der Waals surface area contributed by atoms with Crippen molar-refractivity contribution in [1.29, 1.82) is 0 Å². The maximum Gasteiger partial charge on any atom is 0.201 e. The number of hydrogen-bond donors (Lipinski definition) is 1. The minimum atomic E-state index is -0.0826. The Bertz CT molecular complexity index is 444. The zero-order chi connectivity index (χ0) is 10.7. The third-order valence-corrected chi connectivity index (χ3v) is 2.05. The van der Waals surface area contributed by atoms with Crippen LogP contribution in [0.3, 0.4) is 0 Å². The van der Waals surface area contributed by atoms with E-state index in [0.717, 1.165) is 0 Å². The summed E-state index contributed by atoms with van der Waals surface area (Å²) in [6.45, 7) is 0. The molecule has 1 aliphatic carbocycles. The predicted octanol–water partition coefficient (Wildman–Crippen LogP) is 2.18. The molecule has 0 atom stereocenters. The molecule has 0 heterocycles. The number of phenolic OH excluding ortho intramolecular Hbond substituents is 1. The lowest BCUT2D eigenvalue weighted by molar-refractivity contribution is -0.116. The molecule has 3 heteroatoms. The van der Waals surface area contributed by atoms with Gasteiger partial charge in [-0.25, -0.2) is 0 Å². The highest BCUT2D eigenvalue weighted by Crippen LogP contribution is 2.27. The summed E-state index contributed by atoms with van der Waals surface area (Å²) in [6.07, 6.45) is 5.47. The third kappa shape index (κ3) is 2.07. The zero-order valence-corrected chi connectivity index (χ0v) is 8.01. The van der Waals surface area contributed by atoms with Gasteiger partial charge in [0.15, 0.2) is 17.3 Å². The second-order valence-electron chi connectivity index (χ2n) is 3.16. The average Bonchev–Trinajstić information content (AvgIpc) is 2.24. The molecule has 0 fully saturated rings. The highest BCUT2D eigenvalue weighted by atomic mass is 16.5. The largest absolute Gasteiger partial charge is 0.504 e. The maximum absolute atomic E-state index is 11.4. The van der Waals surface area contributed by atoms with Crippen LogP contribution < -0.4 is 4.74 Å². The van der Waals surface area contributed by atoms with Crippen LogP contribution in [0.5, 0.6) is 11.5 Å². The molecule has 0 saturated carbocycles. The summed E-state index contributed by atoms with van der Waals surface area (Å²) in [5, 5.41) is 9.45. The van der Waals surface area contributed by atoms with Crippen molar-refractivity contribution in [3.05, 3.63) is 48.3 Å². The topological polar surface area (TPSA) is 46.5 Å². The molecule has 1 aromatic rings. The summed E-state index contributed by atoms with van der Waals surface area (Å²) < 4.78 is 5.31. The van der Waals surface area contributed by atoms with E-state index < -0.39 is 0 Å². The van der Waals surface area contributed by atoms with Gasteiger partial charge in [0.2, 0.25) is 5.78 Å². The van der Waals surface area contributed by atoms with Gasteiger partial charge < -0.3 is 9.84 Å². The number of carbonyl (C=O) groups excluding carboxylic acids is 1. The van der Waals surface area contributed by atoms with E-state index in [1.165, 1.54) is 6.07 Å². The van der Waals surface area contributed by atoms with E-state index in [1.54, 1.807) is 36.4 Å². The van der Waals surface area contributed by atoms with Crippen molar-refractivity contribution in [2.24, 2.45) is 0 Å². The monoisotopic (exact) mass is 202 g/mol. The molecule has 0 spiro atoms. The Hall–Kier alpha value is -2.03. The molecule has 1 aromatic carbocycles. The minimum absolute atomic E-state index is 0.0285. The molecular formula is C12H10O3. The van der Waals surface area contributed by atoms with Crippen molar-refractivity contribution in [3.63, 3.8) is 0 Å². The van der Waals surface area contributed by atoms with E-state index in [4.69, 9.17) is 4.74 Å². The van der Waals surface area contributed by atoms with Gasteiger partial charge >= 0.3 is 0 Å².